The van der Waals surface area contributed by atoms with Crippen LogP contribution in [0.15, 0.2) is 29.2 Å². The number of benzene rings is 1. The molecule has 106 valence electrons. The van der Waals surface area contributed by atoms with Crippen LogP contribution in [0, 0.1) is 0 Å². The molecule has 0 aliphatic carbocycles. The number of hydrogen-bond acceptors (Lipinski definition) is 3. The van der Waals surface area contributed by atoms with Crippen LogP contribution in [0.25, 0.3) is 0 Å². The van der Waals surface area contributed by atoms with E-state index >= 15 is 0 Å². The molecule has 1 saturated heterocycles. The predicted molar refractivity (Wildman–Crippen MR) is 76.8 cm³/mol. The molecule has 3 rings (SSSR count). The van der Waals surface area contributed by atoms with Gasteiger partial charge in [-0.1, -0.05) is 18.2 Å². The Morgan fingerprint density at radius 1 is 1.40 bits per heavy atom. The van der Waals surface area contributed by atoms with Crippen LogP contribution in [0.4, 0.5) is 0 Å². The number of aliphatic carboxylic acids is 1. The molecule has 0 aromatic heterocycles. The Morgan fingerprint density at radius 2 is 2.15 bits per heavy atom. The third-order valence-electron chi connectivity index (χ3n) is 4.29. The summed E-state index contributed by atoms with van der Waals surface area (Å²) in [7, 11) is 0. The number of carbonyl (C=O) groups excluding carboxylic acids is 1. The van der Waals surface area contributed by atoms with Crippen LogP contribution in [0.1, 0.15) is 25.3 Å². The zero-order chi connectivity index (χ0) is 14.3. The van der Waals surface area contributed by atoms with Crippen LogP contribution >= 0.6 is 11.8 Å². The van der Waals surface area contributed by atoms with Gasteiger partial charge in [0.1, 0.15) is 5.54 Å². The number of carboxylic acids is 1. The lowest BCUT2D eigenvalue weighted by Gasteiger charge is -2.32. The van der Waals surface area contributed by atoms with E-state index in [1.54, 1.807) is 23.6 Å². The van der Waals surface area contributed by atoms with Crippen LogP contribution in [0.3, 0.4) is 0 Å². The molecule has 0 bridgehead atoms. The fraction of sp³-hybridized carbons (Fsp3) is 0.467. The standard InChI is InChI=1S/C15H17NO3S/c1-15(14(18)19)7-4-8-16(15)13(17)12-9-10-5-2-3-6-11(10)20-12/h2-3,5-6,12H,4,7-9H2,1H3,(H,18,19). The lowest BCUT2D eigenvalue weighted by atomic mass is 9.98. The second-order valence-corrected chi connectivity index (χ2v) is 6.84. The van der Waals surface area contributed by atoms with Crippen LogP contribution < -0.4 is 0 Å². The van der Waals surface area contributed by atoms with Gasteiger partial charge >= 0.3 is 5.97 Å². The lowest BCUT2D eigenvalue weighted by Crippen LogP contribution is -2.53. The second kappa shape index (κ2) is 4.81. The summed E-state index contributed by atoms with van der Waals surface area (Å²) < 4.78 is 0. The van der Waals surface area contributed by atoms with E-state index < -0.39 is 11.5 Å². The number of rotatable bonds is 2. The molecule has 20 heavy (non-hydrogen) atoms. The highest BCUT2D eigenvalue weighted by Crippen LogP contribution is 2.40. The first-order valence-electron chi connectivity index (χ1n) is 6.82. The van der Waals surface area contributed by atoms with E-state index in [2.05, 4.69) is 0 Å². The second-order valence-electron chi connectivity index (χ2n) is 5.59. The number of nitrogens with zero attached hydrogens (tertiary/aromatic N) is 1. The highest BCUT2D eigenvalue weighted by molar-refractivity contribution is 8.01. The first-order chi connectivity index (χ1) is 9.52. The molecule has 2 unspecified atom stereocenters. The molecule has 1 aromatic carbocycles. The van der Waals surface area contributed by atoms with Crippen molar-refractivity contribution >= 4 is 23.6 Å². The van der Waals surface area contributed by atoms with Gasteiger partial charge in [0.15, 0.2) is 0 Å². The smallest absolute Gasteiger partial charge is 0.329 e. The summed E-state index contributed by atoms with van der Waals surface area (Å²) in [6, 6.07) is 8.00. The maximum absolute atomic E-state index is 12.7. The number of carbonyl (C=O) groups is 2. The van der Waals surface area contributed by atoms with Crippen molar-refractivity contribution in [1.82, 2.24) is 4.90 Å². The van der Waals surface area contributed by atoms with Crippen LogP contribution in [0.2, 0.25) is 0 Å². The van der Waals surface area contributed by atoms with Gasteiger partial charge in [0.25, 0.3) is 0 Å². The van der Waals surface area contributed by atoms with Gasteiger partial charge < -0.3 is 10.0 Å². The lowest BCUT2D eigenvalue weighted by molar-refractivity contribution is -0.155. The third-order valence-corrected chi connectivity index (χ3v) is 5.60. The van der Waals surface area contributed by atoms with E-state index in [4.69, 9.17) is 0 Å². The minimum atomic E-state index is -1.04. The first-order valence-corrected chi connectivity index (χ1v) is 7.70. The molecular formula is C15H17NO3S. The van der Waals surface area contributed by atoms with Crippen molar-refractivity contribution in [3.63, 3.8) is 0 Å². The van der Waals surface area contributed by atoms with E-state index in [9.17, 15) is 14.7 Å². The molecule has 1 amide bonds. The maximum atomic E-state index is 12.7. The molecule has 2 aliphatic rings. The van der Waals surface area contributed by atoms with Gasteiger partial charge in [-0.2, -0.15) is 0 Å². The number of likely N-dealkylation sites (tertiary alicyclic amines) is 1. The third kappa shape index (κ3) is 2.00. The first kappa shape index (κ1) is 13.5. The molecule has 0 radical (unpaired) electrons. The Morgan fingerprint density at radius 3 is 2.85 bits per heavy atom. The van der Waals surface area contributed by atoms with Gasteiger partial charge in [-0.3, -0.25) is 4.79 Å². The van der Waals surface area contributed by atoms with E-state index in [0.29, 0.717) is 19.4 Å². The van der Waals surface area contributed by atoms with Crippen molar-refractivity contribution in [1.29, 1.82) is 0 Å². The van der Waals surface area contributed by atoms with Crippen molar-refractivity contribution in [3.05, 3.63) is 29.8 Å². The number of fused-ring (bicyclic) bond motifs is 1. The zero-order valence-electron chi connectivity index (χ0n) is 11.3. The quantitative estimate of drug-likeness (QED) is 0.907. The molecule has 4 nitrogen and oxygen atoms in total. The molecule has 0 saturated carbocycles. The van der Waals surface area contributed by atoms with Gasteiger partial charge in [0, 0.05) is 11.4 Å². The molecule has 1 aromatic rings. The normalized spacial score (nSPS) is 28.4. The SMILES string of the molecule is CC1(C(=O)O)CCCN1C(=O)C1Cc2ccccc2S1. The highest BCUT2D eigenvalue weighted by atomic mass is 32.2. The largest absolute Gasteiger partial charge is 0.480 e. The summed E-state index contributed by atoms with van der Waals surface area (Å²) >= 11 is 1.56. The number of carboxylic acid groups (broad SMARTS) is 1. The van der Waals surface area contributed by atoms with E-state index in [1.807, 2.05) is 24.3 Å². The topological polar surface area (TPSA) is 57.6 Å². The van der Waals surface area contributed by atoms with Crippen molar-refractivity contribution in [2.75, 3.05) is 6.54 Å². The number of amides is 1. The minimum absolute atomic E-state index is 0.0337. The monoisotopic (exact) mass is 291 g/mol. The van der Waals surface area contributed by atoms with E-state index in [1.165, 1.54) is 5.56 Å². The molecule has 1 N–H and O–H groups in total. The minimum Gasteiger partial charge on any atom is -0.480 e. The molecule has 2 heterocycles. The average Bonchev–Trinajstić information content (AvgIpc) is 3.02. The van der Waals surface area contributed by atoms with Crippen LogP contribution in [-0.4, -0.2) is 39.2 Å². The Balaban J connectivity index is 1.80. The maximum Gasteiger partial charge on any atom is 0.329 e. The van der Waals surface area contributed by atoms with Gasteiger partial charge in [-0.05, 0) is 37.8 Å². The molecule has 1 fully saturated rings. The Bertz CT molecular complexity index is 549. The highest BCUT2D eigenvalue weighted by Gasteiger charge is 2.48. The summed E-state index contributed by atoms with van der Waals surface area (Å²) in [6.45, 7) is 2.21. The van der Waals surface area contributed by atoms with Crippen LogP contribution in [-0.2, 0) is 16.0 Å². The molecule has 0 spiro atoms. The summed E-state index contributed by atoms with van der Waals surface area (Å²) in [5, 5.41) is 9.23. The van der Waals surface area contributed by atoms with Crippen LogP contribution in [0.5, 0.6) is 0 Å². The average molecular weight is 291 g/mol. The van der Waals surface area contributed by atoms with Crippen molar-refractivity contribution in [3.8, 4) is 0 Å². The van der Waals surface area contributed by atoms with Gasteiger partial charge in [0.05, 0.1) is 5.25 Å². The summed E-state index contributed by atoms with van der Waals surface area (Å²) in [6.07, 6.45) is 2.00. The van der Waals surface area contributed by atoms with Gasteiger partial charge in [0.2, 0.25) is 5.91 Å². The predicted octanol–water partition coefficient (Wildman–Crippen LogP) is 2.17. The number of hydrogen-bond donors (Lipinski definition) is 1. The van der Waals surface area contributed by atoms with E-state index in [0.717, 1.165) is 11.3 Å². The molecule has 5 heteroatoms. The summed E-state index contributed by atoms with van der Waals surface area (Å²) in [5.74, 6) is -0.933. The fourth-order valence-electron chi connectivity index (χ4n) is 3.03. The summed E-state index contributed by atoms with van der Waals surface area (Å²) in [4.78, 5) is 26.9. The van der Waals surface area contributed by atoms with Crippen molar-refractivity contribution in [2.24, 2.45) is 0 Å². The molecular weight excluding hydrogens is 274 g/mol. The van der Waals surface area contributed by atoms with Crippen molar-refractivity contribution in [2.45, 2.75) is 41.9 Å². The Labute approximate surface area is 122 Å². The van der Waals surface area contributed by atoms with Crippen molar-refractivity contribution < 1.29 is 14.7 Å². The van der Waals surface area contributed by atoms with Gasteiger partial charge in [-0.15, -0.1) is 11.8 Å². The molecule has 2 aliphatic heterocycles. The van der Waals surface area contributed by atoms with E-state index in [-0.39, 0.29) is 11.2 Å². The van der Waals surface area contributed by atoms with Gasteiger partial charge in [-0.25, -0.2) is 4.79 Å². The zero-order valence-corrected chi connectivity index (χ0v) is 12.2. The summed E-state index contributed by atoms with van der Waals surface area (Å²) in [5.41, 5.74) is 0.152. The fourth-order valence-corrected chi connectivity index (χ4v) is 4.29. The Kier molecular flexibility index (Phi) is 3.24. The number of thioether (sulfide) groups is 1. The Hall–Kier alpha value is -1.49. The molecule has 2 atom stereocenters.